The summed E-state index contributed by atoms with van der Waals surface area (Å²) in [6.45, 7) is 12.4. The highest BCUT2D eigenvalue weighted by Crippen LogP contribution is 2.40. The number of aliphatic hydroxyl groups is 2. The van der Waals surface area contributed by atoms with Crippen LogP contribution in [0.25, 0.3) is 0 Å². The Kier molecular flexibility index (Phi) is 26.3. The maximum absolute atomic E-state index is 12.7. The van der Waals surface area contributed by atoms with Crippen molar-refractivity contribution in [2.75, 3.05) is 26.4 Å². The van der Waals surface area contributed by atoms with Crippen LogP contribution in [-0.4, -0.2) is 70.7 Å². The first-order valence-corrected chi connectivity index (χ1v) is 20.3. The van der Waals surface area contributed by atoms with E-state index >= 15 is 0 Å². The number of aliphatic hydroxyl groups excluding tert-OH is 2. The lowest BCUT2D eigenvalue weighted by Gasteiger charge is -2.22. The van der Waals surface area contributed by atoms with Gasteiger partial charge in [-0.15, -0.1) is 0 Å². The smallest absolute Gasteiger partial charge is 0.337 e. The largest absolute Gasteiger partial charge is 0.480 e. The van der Waals surface area contributed by atoms with E-state index in [0.717, 1.165) is 69.8 Å². The van der Waals surface area contributed by atoms with Gasteiger partial charge in [-0.05, 0) is 132 Å². The monoisotopic (exact) mass is 824 g/mol. The molecule has 0 heterocycles. The summed E-state index contributed by atoms with van der Waals surface area (Å²) in [5.74, 6) is -4.58. The molecule has 0 aromatic heterocycles. The number of rotatable bonds is 29. The van der Waals surface area contributed by atoms with Crippen LogP contribution in [0, 0.1) is 6.92 Å². The number of hydrogen-bond acceptors (Lipinski definition) is 10. The first kappa shape index (κ1) is 52.4. The van der Waals surface area contributed by atoms with E-state index in [1.165, 1.54) is 27.9 Å². The van der Waals surface area contributed by atoms with Crippen molar-refractivity contribution in [1.82, 2.24) is 0 Å². The molecule has 4 N–H and O–H groups in total. The number of benzene rings is 1. The van der Waals surface area contributed by atoms with Crippen LogP contribution < -0.4 is 9.47 Å². The van der Waals surface area contributed by atoms with E-state index in [-0.39, 0.29) is 29.0 Å². The molecule has 1 aromatic rings. The van der Waals surface area contributed by atoms with Crippen LogP contribution in [0.5, 0.6) is 11.5 Å². The van der Waals surface area contributed by atoms with Gasteiger partial charge in [0, 0.05) is 16.7 Å². The van der Waals surface area contributed by atoms with Gasteiger partial charge in [-0.25, -0.2) is 19.2 Å². The van der Waals surface area contributed by atoms with E-state index in [1.807, 2.05) is 13.0 Å². The predicted octanol–water partition coefficient (Wildman–Crippen LogP) is 9.13. The molecule has 0 aliphatic carbocycles. The molecule has 328 valence electrons. The maximum Gasteiger partial charge on any atom is 0.337 e. The summed E-state index contributed by atoms with van der Waals surface area (Å²) >= 11 is 0. The quantitative estimate of drug-likeness (QED) is 0.0342. The van der Waals surface area contributed by atoms with Gasteiger partial charge in [0.1, 0.15) is 37.9 Å². The molecule has 0 spiro atoms. The molecule has 0 aliphatic rings. The number of aliphatic carboxylic acids is 2. The third-order valence-corrected chi connectivity index (χ3v) is 9.49. The van der Waals surface area contributed by atoms with Crippen molar-refractivity contribution in [3.05, 3.63) is 92.1 Å². The molecular weight excluding hydrogens is 757 g/mol. The molecule has 0 unspecified atom stereocenters. The fourth-order valence-corrected chi connectivity index (χ4v) is 6.12. The number of allylic oxidation sites excluding steroid dienone is 12. The van der Waals surface area contributed by atoms with E-state index in [4.69, 9.17) is 29.2 Å². The fraction of sp³-hybridized carbons (Fsp3) is 0.532. The summed E-state index contributed by atoms with van der Waals surface area (Å²) in [5, 5.41) is 38.3. The van der Waals surface area contributed by atoms with Crippen molar-refractivity contribution in [2.45, 2.75) is 139 Å². The lowest BCUT2D eigenvalue weighted by molar-refractivity contribution is -0.149. The summed E-state index contributed by atoms with van der Waals surface area (Å²) in [7, 11) is 0. The first-order valence-electron chi connectivity index (χ1n) is 20.3. The van der Waals surface area contributed by atoms with E-state index in [1.54, 1.807) is 6.92 Å². The SMILES string of the molecule is CC(C)=CCC/C(C)=C/CC/C(C)=C/CC/C(C)=C/CC/C(C)=C/CC/C(C)=C/Cc1c(C)c(OC(=O)COCC(=O)O)c(CO)c(CO)c1OC(=O)COCC(=O)O. The molecule has 1 aromatic carbocycles. The summed E-state index contributed by atoms with van der Waals surface area (Å²) in [6.07, 6.45) is 23.7. The molecule has 0 atom stereocenters. The minimum absolute atomic E-state index is 0.0192. The second-order valence-electron chi connectivity index (χ2n) is 15.2. The highest BCUT2D eigenvalue weighted by atomic mass is 16.6. The normalized spacial score (nSPS) is 12.7. The van der Waals surface area contributed by atoms with Crippen molar-refractivity contribution in [3.63, 3.8) is 0 Å². The number of carboxylic acids is 2. The number of hydrogen-bond donors (Lipinski definition) is 4. The van der Waals surface area contributed by atoms with Gasteiger partial charge in [0.15, 0.2) is 0 Å². The van der Waals surface area contributed by atoms with Crippen LogP contribution in [0.15, 0.2) is 69.9 Å². The van der Waals surface area contributed by atoms with Crippen LogP contribution in [0.4, 0.5) is 0 Å². The van der Waals surface area contributed by atoms with Gasteiger partial charge in [-0.2, -0.15) is 0 Å². The molecule has 12 heteroatoms. The molecule has 0 amide bonds. The zero-order chi connectivity index (χ0) is 44.3. The van der Waals surface area contributed by atoms with Gasteiger partial charge < -0.3 is 39.4 Å². The Hall–Kier alpha value is -4.62. The molecule has 0 saturated carbocycles. The van der Waals surface area contributed by atoms with Crippen LogP contribution >= 0.6 is 0 Å². The zero-order valence-electron chi connectivity index (χ0n) is 36.5. The molecule has 0 radical (unpaired) electrons. The Balaban J connectivity index is 2.96. The Morgan fingerprint density at radius 2 is 0.814 bits per heavy atom. The maximum atomic E-state index is 12.7. The van der Waals surface area contributed by atoms with Gasteiger partial charge in [-0.3, -0.25) is 0 Å². The van der Waals surface area contributed by atoms with Crippen LogP contribution in [0.2, 0.25) is 0 Å². The highest BCUT2D eigenvalue weighted by molar-refractivity contribution is 5.78. The molecule has 12 nitrogen and oxygen atoms in total. The number of ether oxygens (including phenoxy) is 4. The Morgan fingerprint density at radius 1 is 0.475 bits per heavy atom. The molecule has 0 bridgehead atoms. The molecule has 0 saturated heterocycles. The molecule has 59 heavy (non-hydrogen) atoms. The summed E-state index contributed by atoms with van der Waals surface area (Å²) in [5.41, 5.74) is 8.64. The standard InChI is InChI=1S/C47H68O12/c1-32(2)14-9-15-33(3)16-10-17-34(4)18-11-19-35(5)20-12-21-36(6)22-13-23-37(7)24-25-39-38(8)46(58-44(54)30-56-28-42(50)51)40(26-48)41(27-49)47(39)59-45(55)31-57-29-43(52)53/h14,16,18,20,22,24,48-49H,9-13,15,17,19,21,23,25-31H2,1-8H3,(H,50,51)(H,52,53)/b33-16+,34-18+,35-20+,36-22+,37-24+. The molecule has 0 aliphatic heterocycles. The third-order valence-electron chi connectivity index (χ3n) is 9.49. The average molecular weight is 825 g/mol. The van der Waals surface area contributed by atoms with Crippen molar-refractivity contribution in [2.24, 2.45) is 0 Å². The van der Waals surface area contributed by atoms with Crippen LogP contribution in [-0.2, 0) is 48.3 Å². The Morgan fingerprint density at radius 3 is 1.17 bits per heavy atom. The highest BCUT2D eigenvalue weighted by Gasteiger charge is 2.26. The summed E-state index contributed by atoms with van der Waals surface area (Å²) in [4.78, 5) is 47.0. The topological polar surface area (TPSA) is 186 Å². The summed E-state index contributed by atoms with van der Waals surface area (Å²) in [6, 6.07) is 0. The Labute approximate surface area is 351 Å². The zero-order valence-corrected chi connectivity index (χ0v) is 36.5. The second kappa shape index (κ2) is 29.6. The molecule has 0 fully saturated rings. The second-order valence-corrected chi connectivity index (χ2v) is 15.2. The van der Waals surface area contributed by atoms with E-state index < -0.39 is 63.5 Å². The van der Waals surface area contributed by atoms with Crippen molar-refractivity contribution >= 4 is 23.9 Å². The third kappa shape index (κ3) is 22.9. The predicted molar refractivity (Wildman–Crippen MR) is 229 cm³/mol. The lowest BCUT2D eigenvalue weighted by Crippen LogP contribution is -2.22. The minimum atomic E-state index is -1.27. The summed E-state index contributed by atoms with van der Waals surface area (Å²) < 4.78 is 20.8. The minimum Gasteiger partial charge on any atom is -0.480 e. The molecular formula is C47H68O12. The lowest BCUT2D eigenvalue weighted by atomic mass is 9.93. The van der Waals surface area contributed by atoms with Crippen LogP contribution in [0.3, 0.4) is 0 Å². The number of esters is 2. The van der Waals surface area contributed by atoms with E-state index in [9.17, 15) is 29.4 Å². The Bertz CT molecular complexity index is 1730. The van der Waals surface area contributed by atoms with Crippen LogP contribution in [0.1, 0.15) is 135 Å². The van der Waals surface area contributed by atoms with E-state index in [0.29, 0.717) is 11.1 Å². The number of carbonyl (C=O) groups is 4. The van der Waals surface area contributed by atoms with E-state index in [2.05, 4.69) is 71.9 Å². The van der Waals surface area contributed by atoms with Crippen molar-refractivity contribution in [3.8, 4) is 11.5 Å². The van der Waals surface area contributed by atoms with Gasteiger partial charge in [0.2, 0.25) is 0 Å². The van der Waals surface area contributed by atoms with Crippen molar-refractivity contribution < 1.29 is 58.6 Å². The average Bonchev–Trinajstić information content (AvgIpc) is 3.15. The van der Waals surface area contributed by atoms with Gasteiger partial charge in [0.05, 0.1) is 13.2 Å². The van der Waals surface area contributed by atoms with Gasteiger partial charge in [0.25, 0.3) is 0 Å². The van der Waals surface area contributed by atoms with Gasteiger partial charge >= 0.3 is 23.9 Å². The van der Waals surface area contributed by atoms with Crippen molar-refractivity contribution in [1.29, 1.82) is 0 Å². The number of carboxylic acid groups (broad SMARTS) is 2. The fourth-order valence-electron chi connectivity index (χ4n) is 6.12. The number of carbonyl (C=O) groups excluding carboxylic acids is 2. The van der Waals surface area contributed by atoms with Gasteiger partial charge in [-0.1, -0.05) is 69.9 Å². The molecule has 1 rings (SSSR count). The first-order chi connectivity index (χ1) is 28.0.